The van der Waals surface area contributed by atoms with Crippen molar-refractivity contribution in [1.29, 1.82) is 0 Å². The summed E-state index contributed by atoms with van der Waals surface area (Å²) >= 11 is 5.80. The van der Waals surface area contributed by atoms with Gasteiger partial charge in [-0.25, -0.2) is 18.7 Å². The Balaban J connectivity index is 1.38. The van der Waals surface area contributed by atoms with Crippen molar-refractivity contribution in [2.24, 2.45) is 5.16 Å². The smallest absolute Gasteiger partial charge is 0.352 e. The predicted octanol–water partition coefficient (Wildman–Crippen LogP) is 0.817. The molecule has 4 N–H and O–H groups in total. The van der Waals surface area contributed by atoms with Crippen LogP contribution in [0.15, 0.2) is 57.0 Å². The Kier molecular flexibility index (Phi) is 6.44. The van der Waals surface area contributed by atoms with Crippen molar-refractivity contribution in [3.05, 3.63) is 57.5 Å². The van der Waals surface area contributed by atoms with E-state index in [1.54, 1.807) is 0 Å². The van der Waals surface area contributed by atoms with Crippen molar-refractivity contribution >= 4 is 73.3 Å². The van der Waals surface area contributed by atoms with Crippen LogP contribution in [0.25, 0.3) is 5.65 Å². The number of nitrogens with two attached hydrogens (primary N) is 1. The van der Waals surface area contributed by atoms with Gasteiger partial charge >= 0.3 is 5.97 Å². The monoisotopic (exact) mass is 592 g/mol. The van der Waals surface area contributed by atoms with Gasteiger partial charge in [-0.2, -0.15) is 0 Å². The SMILES string of the molecule is CO/N=C(\C(=O)N[C@@H]1C(=O)N2C(C(=O)O)=C(C[n+]3ccn4ccccc43)CS[C@@H]12)c1nc(N)sc1Br. The number of nitrogens with one attached hydrogen (secondary N) is 1. The Bertz CT molecular complexity index is 1470. The Hall–Kier alpha value is -3.43. The van der Waals surface area contributed by atoms with Gasteiger partial charge in [0.25, 0.3) is 17.5 Å². The lowest BCUT2D eigenvalue weighted by molar-refractivity contribution is -0.662. The molecule has 0 unspecified atom stereocenters. The van der Waals surface area contributed by atoms with Gasteiger partial charge in [-0.15, -0.1) is 11.8 Å². The summed E-state index contributed by atoms with van der Waals surface area (Å²) in [7, 11) is 1.28. The van der Waals surface area contributed by atoms with E-state index in [2.05, 4.69) is 31.4 Å². The molecule has 186 valence electrons. The molecule has 2 aliphatic heterocycles. The Morgan fingerprint density at radius 2 is 2.22 bits per heavy atom. The number of β-lactam (4-membered cyclic amide) rings is 1. The van der Waals surface area contributed by atoms with E-state index >= 15 is 0 Å². The minimum Gasteiger partial charge on any atom is -0.477 e. The molecule has 1 fully saturated rings. The number of halogens is 1. The number of nitrogens with zero attached hydrogens (tertiary/aromatic N) is 5. The van der Waals surface area contributed by atoms with Crippen LogP contribution in [0.1, 0.15) is 5.69 Å². The van der Waals surface area contributed by atoms with E-state index in [0.29, 0.717) is 21.7 Å². The first-order valence-electron chi connectivity index (χ1n) is 10.5. The first-order valence-corrected chi connectivity index (χ1v) is 13.1. The highest BCUT2D eigenvalue weighted by Gasteiger charge is 2.54. The van der Waals surface area contributed by atoms with Gasteiger partial charge in [0.1, 0.15) is 52.6 Å². The molecule has 0 aliphatic carbocycles. The third-order valence-electron chi connectivity index (χ3n) is 5.69. The highest BCUT2D eigenvalue weighted by Crippen LogP contribution is 2.40. The molecule has 2 aliphatic rings. The number of thiazole rings is 1. The van der Waals surface area contributed by atoms with Crippen molar-refractivity contribution < 1.29 is 28.9 Å². The third-order valence-corrected chi connectivity index (χ3v) is 8.56. The number of pyridine rings is 1. The van der Waals surface area contributed by atoms with Crippen LogP contribution >= 0.6 is 39.0 Å². The van der Waals surface area contributed by atoms with E-state index in [-0.39, 0.29) is 22.2 Å². The molecule has 0 spiro atoms. The number of amides is 2. The second kappa shape index (κ2) is 9.55. The molecule has 36 heavy (non-hydrogen) atoms. The summed E-state index contributed by atoms with van der Waals surface area (Å²) in [4.78, 5) is 48.4. The molecular weight excluding hydrogens is 574 g/mol. The topological polar surface area (TPSA) is 156 Å². The van der Waals surface area contributed by atoms with Crippen LogP contribution in [-0.2, 0) is 25.8 Å². The van der Waals surface area contributed by atoms with Gasteiger partial charge in [0.05, 0.1) is 6.20 Å². The second-order valence-electron chi connectivity index (χ2n) is 7.81. The number of imidazole rings is 1. The first kappa shape index (κ1) is 24.3. The van der Waals surface area contributed by atoms with Crippen LogP contribution in [0.4, 0.5) is 5.13 Å². The number of carboxylic acids is 1. The largest absolute Gasteiger partial charge is 0.477 e. The summed E-state index contributed by atoms with van der Waals surface area (Å²) in [5, 5.41) is 16.0. The summed E-state index contributed by atoms with van der Waals surface area (Å²) in [6.07, 6.45) is 5.64. The number of thioether (sulfide) groups is 1. The molecule has 0 aromatic carbocycles. The van der Waals surface area contributed by atoms with Gasteiger partial charge in [0.15, 0.2) is 10.8 Å². The summed E-state index contributed by atoms with van der Waals surface area (Å²) < 4.78 is 4.33. The van der Waals surface area contributed by atoms with E-state index < -0.39 is 29.2 Å². The minimum atomic E-state index is -1.19. The second-order valence-corrected chi connectivity index (χ2v) is 11.3. The molecule has 15 heteroatoms. The number of hydrogen-bond donors (Lipinski definition) is 3. The molecular formula is C21H19BrN7O5S2+. The molecule has 3 aromatic heterocycles. The molecule has 5 rings (SSSR count). The van der Waals surface area contributed by atoms with Gasteiger partial charge in [0, 0.05) is 17.4 Å². The molecule has 2 atom stereocenters. The Morgan fingerprint density at radius 1 is 1.42 bits per heavy atom. The standard InChI is InChI=1S/C21H18BrN7O5S2/c1-34-26-13(12-16(22)36-21(23)25-12)17(30)24-14-18(31)29-15(20(32)33)10(9-35-19(14)29)8-28-7-6-27-5-3-2-4-11(27)28/h2-7,14,19H,8-9H2,1H3,(H3-,23,24,25,30,32,33)/p+1/b26-13-/t14-,19+/m1/s1. The van der Waals surface area contributed by atoms with Crippen molar-refractivity contribution in [3.8, 4) is 0 Å². The maximum atomic E-state index is 13.1. The molecule has 2 amide bonds. The van der Waals surface area contributed by atoms with E-state index in [4.69, 9.17) is 10.6 Å². The van der Waals surface area contributed by atoms with Gasteiger partial charge < -0.3 is 21.0 Å². The van der Waals surface area contributed by atoms with Crippen molar-refractivity contribution in [2.45, 2.75) is 18.0 Å². The van der Waals surface area contributed by atoms with E-state index in [1.165, 1.54) is 23.8 Å². The number of anilines is 1. The molecule has 0 radical (unpaired) electrons. The quantitative estimate of drug-likeness (QED) is 0.157. The number of oxime groups is 1. The van der Waals surface area contributed by atoms with Gasteiger partial charge in [-0.1, -0.05) is 22.6 Å². The maximum Gasteiger partial charge on any atom is 0.352 e. The van der Waals surface area contributed by atoms with Crippen LogP contribution in [0.2, 0.25) is 0 Å². The van der Waals surface area contributed by atoms with E-state index in [9.17, 15) is 19.5 Å². The summed E-state index contributed by atoms with van der Waals surface area (Å²) in [6, 6.07) is 4.79. The summed E-state index contributed by atoms with van der Waals surface area (Å²) in [5.41, 5.74) is 7.18. The van der Waals surface area contributed by atoms with Crippen molar-refractivity contribution in [3.63, 3.8) is 0 Å². The van der Waals surface area contributed by atoms with Crippen LogP contribution in [0.5, 0.6) is 0 Å². The lowest BCUT2D eigenvalue weighted by Crippen LogP contribution is -2.71. The lowest BCUT2D eigenvalue weighted by atomic mass is 10.0. The number of aromatic nitrogens is 3. The summed E-state index contributed by atoms with van der Waals surface area (Å²) in [5.74, 6) is -2.02. The van der Waals surface area contributed by atoms with Gasteiger partial charge in [-0.3, -0.25) is 14.5 Å². The van der Waals surface area contributed by atoms with Crippen LogP contribution in [0.3, 0.4) is 0 Å². The zero-order chi connectivity index (χ0) is 25.6. The number of carbonyl (C=O) groups excluding carboxylic acids is 2. The molecule has 5 heterocycles. The zero-order valence-corrected chi connectivity index (χ0v) is 21.8. The molecule has 3 aromatic rings. The number of carboxylic acid groups (broad SMARTS) is 1. The molecule has 12 nitrogen and oxygen atoms in total. The number of nitrogen functional groups attached to an aromatic ring is 1. The van der Waals surface area contributed by atoms with Crippen molar-refractivity contribution in [1.82, 2.24) is 19.6 Å². The highest BCUT2D eigenvalue weighted by molar-refractivity contribution is 9.11. The third kappa shape index (κ3) is 4.12. The predicted molar refractivity (Wildman–Crippen MR) is 135 cm³/mol. The number of carbonyl (C=O) groups is 3. The number of rotatable bonds is 7. The number of fused-ring (bicyclic) bond motifs is 2. The Labute approximate surface area is 220 Å². The number of aliphatic carboxylic acids is 1. The minimum absolute atomic E-state index is 0.0576. The average Bonchev–Trinajstić information content (AvgIpc) is 3.42. The van der Waals surface area contributed by atoms with E-state index in [0.717, 1.165) is 17.0 Å². The lowest BCUT2D eigenvalue weighted by Gasteiger charge is -2.49. The molecule has 1 saturated heterocycles. The zero-order valence-electron chi connectivity index (χ0n) is 18.6. The Morgan fingerprint density at radius 3 is 2.92 bits per heavy atom. The maximum absolute atomic E-state index is 13.1. The fourth-order valence-corrected chi connectivity index (χ4v) is 6.81. The summed E-state index contributed by atoms with van der Waals surface area (Å²) in [6.45, 7) is 0.312. The van der Waals surface area contributed by atoms with Crippen LogP contribution in [0, 0.1) is 0 Å². The van der Waals surface area contributed by atoms with Crippen LogP contribution < -0.4 is 15.6 Å². The van der Waals surface area contributed by atoms with Crippen LogP contribution in [-0.4, -0.2) is 67.2 Å². The van der Waals surface area contributed by atoms with Crippen molar-refractivity contribution in [2.75, 3.05) is 18.6 Å². The first-order chi connectivity index (χ1) is 17.3. The average molecular weight is 593 g/mol. The fraction of sp³-hybridized carbons (Fsp3) is 0.238. The molecule has 0 bridgehead atoms. The van der Waals surface area contributed by atoms with Gasteiger partial charge in [-0.05, 0) is 22.0 Å². The van der Waals surface area contributed by atoms with E-state index in [1.807, 2.05) is 45.8 Å². The van der Waals surface area contributed by atoms with Gasteiger partial charge in [0.2, 0.25) is 0 Å². The highest BCUT2D eigenvalue weighted by atomic mass is 79.9. The normalized spacial score (nSPS) is 19.8. The fourth-order valence-electron chi connectivity index (χ4n) is 4.15. The molecule has 0 saturated carbocycles. The number of hydrogen-bond acceptors (Lipinski definition) is 9.